The van der Waals surface area contributed by atoms with Crippen molar-refractivity contribution in [3.05, 3.63) is 85.1 Å². The zero-order valence-corrected chi connectivity index (χ0v) is 48.8. The molecule has 1 atom stereocenters. The fraction of sp³-hybridized carbons (Fsp3) is 0.750. The van der Waals surface area contributed by atoms with E-state index in [9.17, 15) is 14.4 Å². The monoisotopic (exact) mass is 1030 g/mol. The van der Waals surface area contributed by atoms with Gasteiger partial charge < -0.3 is 14.2 Å². The minimum atomic E-state index is -0.817. The number of carbonyl (C=O) groups is 3. The SMILES string of the molecule is CC/C=C\C/C=C\C/C=C\C/C=C\C/C=C\CC(=O)OCC(COC(=O)CCCCCCCCCCCCC/C=C\C/C=C\CCCCCCC)OC(=O)CCCCCCCCCCCCCCCCCCCC. The predicted molar refractivity (Wildman–Crippen MR) is 321 cm³/mol. The molecule has 0 aliphatic rings. The zero-order chi connectivity index (χ0) is 53.6. The van der Waals surface area contributed by atoms with Crippen molar-refractivity contribution in [2.75, 3.05) is 13.2 Å². The van der Waals surface area contributed by atoms with Crippen LogP contribution in [-0.4, -0.2) is 37.2 Å². The number of carbonyl (C=O) groups excluding carboxylic acids is 3. The summed E-state index contributed by atoms with van der Waals surface area (Å²) >= 11 is 0. The van der Waals surface area contributed by atoms with Gasteiger partial charge in [-0.3, -0.25) is 14.4 Å². The lowest BCUT2D eigenvalue weighted by molar-refractivity contribution is -0.166. The van der Waals surface area contributed by atoms with Crippen LogP contribution >= 0.6 is 0 Å². The highest BCUT2D eigenvalue weighted by Crippen LogP contribution is 2.17. The molecule has 0 bridgehead atoms. The molecule has 426 valence electrons. The van der Waals surface area contributed by atoms with Crippen molar-refractivity contribution >= 4 is 17.9 Å². The van der Waals surface area contributed by atoms with Gasteiger partial charge in [0.1, 0.15) is 13.2 Å². The molecule has 0 aliphatic heterocycles. The lowest BCUT2D eigenvalue weighted by Gasteiger charge is -2.18. The van der Waals surface area contributed by atoms with Gasteiger partial charge in [0.2, 0.25) is 0 Å². The van der Waals surface area contributed by atoms with Gasteiger partial charge in [0, 0.05) is 12.8 Å². The maximum atomic E-state index is 12.9. The Balaban J connectivity index is 4.40. The van der Waals surface area contributed by atoms with Crippen molar-refractivity contribution in [1.82, 2.24) is 0 Å². The van der Waals surface area contributed by atoms with Crippen LogP contribution in [0.2, 0.25) is 0 Å². The Labute approximate surface area is 458 Å². The molecule has 6 nitrogen and oxygen atoms in total. The molecule has 0 fully saturated rings. The van der Waals surface area contributed by atoms with Crippen LogP contribution < -0.4 is 0 Å². The summed E-state index contributed by atoms with van der Waals surface area (Å²) < 4.78 is 16.8. The topological polar surface area (TPSA) is 78.9 Å². The molecule has 1 unspecified atom stereocenters. The Bertz CT molecular complexity index is 1420. The first-order chi connectivity index (χ1) is 36.5. The number of hydrogen-bond donors (Lipinski definition) is 0. The summed E-state index contributed by atoms with van der Waals surface area (Å²) in [6, 6.07) is 0. The third kappa shape index (κ3) is 59.5. The quantitative estimate of drug-likeness (QED) is 0.0261. The van der Waals surface area contributed by atoms with E-state index < -0.39 is 12.1 Å². The second-order valence-electron chi connectivity index (χ2n) is 21.0. The van der Waals surface area contributed by atoms with Crippen molar-refractivity contribution in [2.45, 2.75) is 316 Å². The molecular weight excluding hydrogens is 913 g/mol. The largest absolute Gasteiger partial charge is 0.462 e. The lowest BCUT2D eigenvalue weighted by Crippen LogP contribution is -2.30. The number of esters is 3. The van der Waals surface area contributed by atoms with Crippen molar-refractivity contribution in [2.24, 2.45) is 0 Å². The highest BCUT2D eigenvalue weighted by atomic mass is 16.6. The number of hydrogen-bond acceptors (Lipinski definition) is 6. The van der Waals surface area contributed by atoms with E-state index >= 15 is 0 Å². The Morgan fingerprint density at radius 3 is 0.946 bits per heavy atom. The molecule has 0 aromatic rings. The van der Waals surface area contributed by atoms with Gasteiger partial charge in [-0.15, -0.1) is 0 Å². The second-order valence-corrected chi connectivity index (χ2v) is 21.0. The first-order valence-electron chi connectivity index (χ1n) is 31.6. The van der Waals surface area contributed by atoms with E-state index in [1.807, 2.05) is 6.08 Å². The van der Waals surface area contributed by atoms with Crippen LogP contribution in [0, 0.1) is 0 Å². The van der Waals surface area contributed by atoms with Gasteiger partial charge in [0.05, 0.1) is 6.42 Å². The van der Waals surface area contributed by atoms with E-state index in [0.717, 1.165) is 77.0 Å². The normalized spacial score (nSPS) is 12.6. The number of ether oxygens (including phenoxy) is 3. The summed E-state index contributed by atoms with van der Waals surface area (Å²) in [6.45, 7) is 6.46. The third-order valence-electron chi connectivity index (χ3n) is 13.7. The van der Waals surface area contributed by atoms with Crippen LogP contribution in [0.3, 0.4) is 0 Å². The zero-order valence-electron chi connectivity index (χ0n) is 48.8. The summed E-state index contributed by atoms with van der Waals surface area (Å²) in [5, 5.41) is 0. The minimum Gasteiger partial charge on any atom is -0.462 e. The molecule has 0 aliphatic carbocycles. The molecule has 0 amide bonds. The molecule has 0 rings (SSSR count). The van der Waals surface area contributed by atoms with Gasteiger partial charge in [0.25, 0.3) is 0 Å². The van der Waals surface area contributed by atoms with Gasteiger partial charge in [-0.1, -0.05) is 298 Å². The van der Waals surface area contributed by atoms with E-state index in [4.69, 9.17) is 14.2 Å². The van der Waals surface area contributed by atoms with E-state index in [2.05, 4.69) is 93.7 Å². The van der Waals surface area contributed by atoms with Crippen LogP contribution in [0.25, 0.3) is 0 Å². The molecule has 0 aromatic heterocycles. The lowest BCUT2D eigenvalue weighted by atomic mass is 10.0. The molecule has 0 N–H and O–H groups in total. The fourth-order valence-electron chi connectivity index (χ4n) is 8.96. The van der Waals surface area contributed by atoms with Gasteiger partial charge in [-0.2, -0.15) is 0 Å². The Morgan fingerprint density at radius 2 is 0.581 bits per heavy atom. The predicted octanol–water partition coefficient (Wildman–Crippen LogP) is 21.5. The number of unbranched alkanes of at least 4 members (excludes halogenated alkanes) is 33. The maximum absolute atomic E-state index is 12.9. The minimum absolute atomic E-state index is 0.105. The average molecular weight is 1030 g/mol. The van der Waals surface area contributed by atoms with Gasteiger partial charge >= 0.3 is 17.9 Å². The molecule has 0 spiro atoms. The molecule has 0 saturated heterocycles. The first-order valence-corrected chi connectivity index (χ1v) is 31.6. The molecular formula is C68H118O6. The van der Waals surface area contributed by atoms with Crippen LogP contribution in [0.1, 0.15) is 310 Å². The summed E-state index contributed by atoms with van der Waals surface area (Å²) in [5.41, 5.74) is 0. The van der Waals surface area contributed by atoms with Crippen molar-refractivity contribution in [3.63, 3.8) is 0 Å². The van der Waals surface area contributed by atoms with E-state index in [1.54, 1.807) is 6.08 Å². The van der Waals surface area contributed by atoms with Crippen molar-refractivity contribution in [3.8, 4) is 0 Å². The summed E-state index contributed by atoms with van der Waals surface area (Å²) in [7, 11) is 0. The third-order valence-corrected chi connectivity index (χ3v) is 13.7. The highest BCUT2D eigenvalue weighted by Gasteiger charge is 2.19. The number of allylic oxidation sites excluding steroid dienone is 13. The standard InChI is InChI=1S/C68H118O6/c1-4-7-10-13-16-19-22-25-28-30-32-33-34-35-36-38-40-43-46-49-52-55-58-61-67(70)73-64-65(63-72-66(69)60-57-54-51-48-45-42-39-27-24-21-18-15-12-9-6-3)74-68(71)62-59-56-53-50-47-44-41-37-31-29-26-23-20-17-14-11-8-5-2/h9,12,18,21-22,25,27,30,32,39,45,48,54,57,65H,4-8,10-11,13-17,19-20,23-24,26,28-29,31,33-38,40-44,46-47,49-53,55-56,58-64H2,1-3H3/b12-9-,21-18-,25-22-,32-30-,39-27-,48-45-,57-54-. The Hall–Kier alpha value is -3.41. The van der Waals surface area contributed by atoms with Gasteiger partial charge in [-0.05, 0) is 77.0 Å². The fourth-order valence-corrected chi connectivity index (χ4v) is 8.96. The van der Waals surface area contributed by atoms with E-state index in [1.165, 1.54) is 193 Å². The Morgan fingerprint density at radius 1 is 0.297 bits per heavy atom. The first kappa shape index (κ1) is 70.6. The van der Waals surface area contributed by atoms with E-state index in [-0.39, 0.29) is 31.6 Å². The van der Waals surface area contributed by atoms with Crippen molar-refractivity contribution in [1.29, 1.82) is 0 Å². The van der Waals surface area contributed by atoms with Gasteiger partial charge in [0.15, 0.2) is 6.10 Å². The van der Waals surface area contributed by atoms with Crippen LogP contribution in [-0.2, 0) is 28.6 Å². The summed E-state index contributed by atoms with van der Waals surface area (Å²) in [4.78, 5) is 38.2. The van der Waals surface area contributed by atoms with Crippen molar-refractivity contribution < 1.29 is 28.6 Å². The summed E-state index contributed by atoms with van der Waals surface area (Å²) in [6.07, 6.45) is 81.9. The van der Waals surface area contributed by atoms with Gasteiger partial charge in [-0.25, -0.2) is 0 Å². The van der Waals surface area contributed by atoms with Crippen LogP contribution in [0.15, 0.2) is 85.1 Å². The molecule has 0 heterocycles. The molecule has 0 radical (unpaired) electrons. The molecule has 0 saturated carbocycles. The van der Waals surface area contributed by atoms with Crippen LogP contribution in [0.4, 0.5) is 0 Å². The van der Waals surface area contributed by atoms with E-state index in [0.29, 0.717) is 12.8 Å². The molecule has 0 aromatic carbocycles. The van der Waals surface area contributed by atoms with Crippen LogP contribution in [0.5, 0.6) is 0 Å². The average Bonchev–Trinajstić information content (AvgIpc) is 3.40. The number of rotatable bonds is 57. The Kier molecular flexibility index (Phi) is 59.3. The highest BCUT2D eigenvalue weighted by molar-refractivity contribution is 5.72. The second kappa shape index (κ2) is 62.1. The molecule has 6 heteroatoms. The maximum Gasteiger partial charge on any atom is 0.309 e. The smallest absolute Gasteiger partial charge is 0.309 e. The summed E-state index contributed by atoms with van der Waals surface area (Å²) in [5.74, 6) is -1.03. The molecule has 74 heavy (non-hydrogen) atoms.